The predicted octanol–water partition coefficient (Wildman–Crippen LogP) is 2.31. The number of sulfonamides is 1. The summed E-state index contributed by atoms with van der Waals surface area (Å²) in [6, 6.07) is 5.76. The highest BCUT2D eigenvalue weighted by Crippen LogP contribution is 2.41. The van der Waals surface area contributed by atoms with Crippen LogP contribution in [0.25, 0.3) is 22.1 Å². The molecule has 1 N–H and O–H groups in total. The summed E-state index contributed by atoms with van der Waals surface area (Å²) >= 11 is 0. The Kier molecular flexibility index (Phi) is 5.10. The van der Waals surface area contributed by atoms with E-state index in [1.54, 1.807) is 4.90 Å². The van der Waals surface area contributed by atoms with E-state index in [1.807, 2.05) is 0 Å². The lowest BCUT2D eigenvalue weighted by atomic mass is 9.98. The van der Waals surface area contributed by atoms with Gasteiger partial charge in [0.2, 0.25) is 10.0 Å². The highest BCUT2D eigenvalue weighted by molar-refractivity contribution is 7.89. The van der Waals surface area contributed by atoms with Gasteiger partial charge in [-0.05, 0) is 12.1 Å². The number of hydrogen-bond acceptors (Lipinski definition) is 8. The Morgan fingerprint density at radius 2 is 1.89 bits per heavy atom. The van der Waals surface area contributed by atoms with Crippen LogP contribution in [0.5, 0.6) is 0 Å². The minimum atomic E-state index is -4.21. The number of alkyl halides is 1. The van der Waals surface area contributed by atoms with Crippen LogP contribution in [0.4, 0.5) is 19.0 Å². The molecule has 36 heavy (non-hydrogen) atoms. The molecule has 188 valence electrons. The van der Waals surface area contributed by atoms with Crippen LogP contribution >= 0.6 is 0 Å². The zero-order valence-electron chi connectivity index (χ0n) is 18.4. The summed E-state index contributed by atoms with van der Waals surface area (Å²) in [4.78, 5) is 23.6. The van der Waals surface area contributed by atoms with Crippen LogP contribution < -0.4 is 10.7 Å². The van der Waals surface area contributed by atoms with Crippen molar-refractivity contribution in [3.8, 4) is 0 Å². The lowest BCUT2D eigenvalue weighted by Crippen LogP contribution is -2.62. The number of aromatic nitrogens is 3. The van der Waals surface area contributed by atoms with Crippen molar-refractivity contribution in [2.75, 3.05) is 31.1 Å². The molecule has 2 fully saturated rings. The average Bonchev–Trinajstić information content (AvgIpc) is 3.44. The maximum atomic E-state index is 15.8. The second-order valence-corrected chi connectivity index (χ2v) is 10.5. The first-order valence-electron chi connectivity index (χ1n) is 11.0. The summed E-state index contributed by atoms with van der Waals surface area (Å²) in [5.41, 5.74) is -1.08. The number of hydrogen-bond donors (Lipinski definition) is 1. The molecular formula is C22H18F3N5O5S. The number of nitrogens with zero attached hydrogens (tertiary/aromatic N) is 4. The Bertz CT molecular complexity index is 1680. The number of piperidine rings is 1. The highest BCUT2D eigenvalue weighted by atomic mass is 32.2. The van der Waals surface area contributed by atoms with E-state index in [9.17, 15) is 22.0 Å². The van der Waals surface area contributed by atoms with Gasteiger partial charge in [-0.3, -0.25) is 9.97 Å². The van der Waals surface area contributed by atoms with Crippen LogP contribution in [-0.4, -0.2) is 65.8 Å². The molecule has 0 bridgehead atoms. The third-order valence-corrected chi connectivity index (χ3v) is 8.48. The third-order valence-electron chi connectivity index (χ3n) is 6.55. The fraction of sp³-hybridized carbons (Fsp3) is 0.318. The number of ether oxygens (including phenoxy) is 1. The largest absolute Gasteiger partial charge is 0.417 e. The van der Waals surface area contributed by atoms with E-state index in [2.05, 4.69) is 15.0 Å². The standard InChI is InChI=1S/C22H18F3N5O5S/c23-13-8-16-17(9-14(13)24)27-20(10-26-16)29-4-3-22(19(25)11-29)30(5-6-34-22)36(32,33)12-1-2-15-18(7-12)35-21(31)28-15/h1-2,7-10,19H,3-6,11H2,(H,28,31)/t19-,22+/m1/s1. The quantitative estimate of drug-likeness (QED) is 0.436. The summed E-state index contributed by atoms with van der Waals surface area (Å²) in [5.74, 6) is -2.61. The zero-order chi connectivity index (χ0) is 25.2. The summed E-state index contributed by atoms with van der Waals surface area (Å²) in [5, 5.41) is 0. The Hall–Kier alpha value is -3.49. The fourth-order valence-electron chi connectivity index (χ4n) is 4.79. The van der Waals surface area contributed by atoms with E-state index < -0.39 is 39.3 Å². The smallest absolute Gasteiger partial charge is 0.408 e. The van der Waals surface area contributed by atoms with Gasteiger partial charge in [0.15, 0.2) is 29.1 Å². The van der Waals surface area contributed by atoms with Crippen LogP contribution in [0, 0.1) is 11.6 Å². The molecule has 1 spiro atoms. The van der Waals surface area contributed by atoms with Crippen molar-refractivity contribution in [1.82, 2.24) is 19.3 Å². The number of oxazole rings is 1. The number of fused-ring (bicyclic) bond motifs is 2. The van der Waals surface area contributed by atoms with Crippen molar-refractivity contribution in [3.05, 3.63) is 58.7 Å². The normalized spacial score (nSPS) is 23.3. The molecular weight excluding hydrogens is 503 g/mol. The molecule has 2 aromatic heterocycles. The van der Waals surface area contributed by atoms with E-state index in [1.165, 1.54) is 24.4 Å². The number of nitrogens with one attached hydrogen (secondary N) is 1. The predicted molar refractivity (Wildman–Crippen MR) is 121 cm³/mol. The molecule has 2 aromatic carbocycles. The first kappa shape index (κ1) is 22.9. The molecule has 0 radical (unpaired) electrons. The maximum absolute atomic E-state index is 15.8. The van der Waals surface area contributed by atoms with Crippen LogP contribution in [0.2, 0.25) is 0 Å². The number of rotatable bonds is 3. The number of aromatic amines is 1. The van der Waals surface area contributed by atoms with Crippen molar-refractivity contribution in [2.24, 2.45) is 0 Å². The molecule has 2 aliphatic heterocycles. The number of anilines is 1. The third kappa shape index (κ3) is 3.47. The van der Waals surface area contributed by atoms with Gasteiger partial charge in [0.05, 0.1) is 40.8 Å². The minimum absolute atomic E-state index is 0.00174. The molecule has 0 aliphatic carbocycles. The van der Waals surface area contributed by atoms with Gasteiger partial charge in [-0.2, -0.15) is 4.31 Å². The van der Waals surface area contributed by atoms with Gasteiger partial charge in [0, 0.05) is 37.7 Å². The van der Waals surface area contributed by atoms with Crippen molar-refractivity contribution in [3.63, 3.8) is 0 Å². The monoisotopic (exact) mass is 521 g/mol. The molecule has 6 rings (SSSR count). The van der Waals surface area contributed by atoms with Crippen molar-refractivity contribution in [2.45, 2.75) is 23.2 Å². The maximum Gasteiger partial charge on any atom is 0.417 e. The van der Waals surface area contributed by atoms with Gasteiger partial charge in [-0.1, -0.05) is 0 Å². The highest BCUT2D eigenvalue weighted by Gasteiger charge is 2.57. The lowest BCUT2D eigenvalue weighted by molar-refractivity contribution is -0.116. The molecule has 4 heterocycles. The van der Waals surface area contributed by atoms with Crippen LogP contribution in [-0.2, 0) is 14.8 Å². The molecule has 2 atom stereocenters. The van der Waals surface area contributed by atoms with E-state index in [0.29, 0.717) is 5.52 Å². The van der Waals surface area contributed by atoms with Crippen molar-refractivity contribution < 1.29 is 30.7 Å². The fourth-order valence-corrected chi connectivity index (χ4v) is 6.52. The molecule has 0 saturated carbocycles. The van der Waals surface area contributed by atoms with E-state index >= 15 is 4.39 Å². The van der Waals surface area contributed by atoms with Gasteiger partial charge < -0.3 is 14.1 Å². The average molecular weight is 521 g/mol. The van der Waals surface area contributed by atoms with E-state index in [4.69, 9.17) is 9.15 Å². The first-order valence-corrected chi connectivity index (χ1v) is 12.4. The summed E-state index contributed by atoms with van der Waals surface area (Å²) < 4.78 is 81.6. The van der Waals surface area contributed by atoms with E-state index in [0.717, 1.165) is 16.4 Å². The van der Waals surface area contributed by atoms with Crippen molar-refractivity contribution in [1.29, 1.82) is 0 Å². The Morgan fingerprint density at radius 3 is 2.67 bits per heavy atom. The van der Waals surface area contributed by atoms with Crippen LogP contribution in [0.15, 0.2) is 50.6 Å². The lowest BCUT2D eigenvalue weighted by Gasteiger charge is -2.45. The SMILES string of the molecule is O=c1[nH]c2ccc(S(=O)(=O)N3CCO[C@]34CCN(c3cnc5cc(F)c(F)cc5n3)C[C@H]4F)cc2o1. The second-order valence-electron chi connectivity index (χ2n) is 8.59. The molecule has 14 heteroatoms. The van der Waals surface area contributed by atoms with Gasteiger partial charge in [-0.15, -0.1) is 0 Å². The van der Waals surface area contributed by atoms with Gasteiger partial charge >= 0.3 is 5.76 Å². The summed E-state index contributed by atoms with van der Waals surface area (Å²) in [7, 11) is -4.21. The summed E-state index contributed by atoms with van der Waals surface area (Å²) in [6.07, 6.45) is -0.458. The first-order chi connectivity index (χ1) is 17.2. The van der Waals surface area contributed by atoms with Crippen LogP contribution in [0.3, 0.4) is 0 Å². The second kappa shape index (κ2) is 8.01. The minimum Gasteiger partial charge on any atom is -0.408 e. The molecule has 0 unspecified atom stereocenters. The van der Waals surface area contributed by atoms with Crippen LogP contribution in [0.1, 0.15) is 6.42 Å². The number of halogens is 3. The Labute approximate surface area is 201 Å². The van der Waals surface area contributed by atoms with Gasteiger partial charge in [0.1, 0.15) is 5.82 Å². The number of H-pyrrole nitrogens is 1. The van der Waals surface area contributed by atoms with Gasteiger partial charge in [0.25, 0.3) is 0 Å². The Balaban J connectivity index is 1.29. The molecule has 10 nitrogen and oxygen atoms in total. The molecule has 0 amide bonds. The molecule has 4 aromatic rings. The molecule has 2 saturated heterocycles. The molecule has 2 aliphatic rings. The Morgan fingerprint density at radius 1 is 1.11 bits per heavy atom. The van der Waals surface area contributed by atoms with Crippen molar-refractivity contribution >= 4 is 38.0 Å². The zero-order valence-corrected chi connectivity index (χ0v) is 19.3. The summed E-state index contributed by atoms with van der Waals surface area (Å²) in [6.45, 7) is -0.149. The van der Waals surface area contributed by atoms with E-state index in [-0.39, 0.29) is 60.0 Å². The number of benzene rings is 2. The van der Waals surface area contributed by atoms with Gasteiger partial charge in [-0.25, -0.2) is 31.4 Å². The topological polar surface area (TPSA) is 122 Å².